The van der Waals surface area contributed by atoms with Crippen molar-refractivity contribution in [2.75, 3.05) is 12.8 Å². The number of carboxylic acids is 1. The van der Waals surface area contributed by atoms with Gasteiger partial charge in [-0.05, 0) is 18.2 Å². The second kappa shape index (κ2) is 10.6. The molecule has 0 spiro atoms. The molecule has 3 N–H and O–H groups in total. The van der Waals surface area contributed by atoms with Crippen molar-refractivity contribution in [3.05, 3.63) is 64.8 Å². The standard InChI is InChI=1S/C20H16N8O2.C2HF3O2/c1-27-11-13(9-24-27)17-10-23-20(22)19(25-17)16-3-4-18(29)28(26-16)14-5-12(8-21)6-15(7-14)30-2;3-2(4,5)1(6)7/h3-7,9-11H,1-2H3,(H2,22,23);(H,6,7). The molecule has 1 aromatic carbocycles. The molecule has 0 saturated carbocycles. The lowest BCUT2D eigenvalue weighted by atomic mass is 10.2. The van der Waals surface area contributed by atoms with Crippen molar-refractivity contribution >= 4 is 11.8 Å². The molecule has 0 bridgehead atoms. The van der Waals surface area contributed by atoms with Crippen LogP contribution in [0.25, 0.3) is 28.3 Å². The van der Waals surface area contributed by atoms with Gasteiger partial charge >= 0.3 is 12.1 Å². The molecule has 190 valence electrons. The molecule has 0 aliphatic carbocycles. The van der Waals surface area contributed by atoms with Gasteiger partial charge in [-0.2, -0.15) is 33.3 Å². The van der Waals surface area contributed by atoms with Gasteiger partial charge in [0.15, 0.2) is 5.82 Å². The number of anilines is 1. The zero-order chi connectivity index (χ0) is 27.3. The van der Waals surface area contributed by atoms with Crippen molar-refractivity contribution in [2.24, 2.45) is 7.05 Å². The molecule has 15 heteroatoms. The molecule has 0 atom stereocenters. The number of rotatable bonds is 4. The third-order valence-corrected chi connectivity index (χ3v) is 4.59. The van der Waals surface area contributed by atoms with Gasteiger partial charge < -0.3 is 15.6 Å². The first-order chi connectivity index (χ1) is 17.4. The minimum atomic E-state index is -5.08. The summed E-state index contributed by atoms with van der Waals surface area (Å²) in [5.74, 6) is -2.16. The number of aromatic nitrogens is 6. The van der Waals surface area contributed by atoms with Crippen molar-refractivity contribution in [1.82, 2.24) is 29.5 Å². The second-order valence-electron chi connectivity index (χ2n) is 7.19. The summed E-state index contributed by atoms with van der Waals surface area (Å²) in [6, 6.07) is 9.64. The molecule has 4 rings (SSSR count). The number of carboxylic acid groups (broad SMARTS) is 1. The van der Waals surface area contributed by atoms with E-state index in [1.807, 2.05) is 6.07 Å². The zero-order valence-electron chi connectivity index (χ0n) is 19.1. The van der Waals surface area contributed by atoms with E-state index in [0.29, 0.717) is 34.1 Å². The van der Waals surface area contributed by atoms with Crippen LogP contribution < -0.4 is 16.0 Å². The van der Waals surface area contributed by atoms with Crippen molar-refractivity contribution in [3.63, 3.8) is 0 Å². The summed E-state index contributed by atoms with van der Waals surface area (Å²) in [6.45, 7) is 0. The number of alkyl halides is 3. The van der Waals surface area contributed by atoms with E-state index in [-0.39, 0.29) is 11.4 Å². The van der Waals surface area contributed by atoms with Gasteiger partial charge in [0.05, 0.1) is 42.5 Å². The van der Waals surface area contributed by atoms with Gasteiger partial charge in [0.25, 0.3) is 5.56 Å². The fourth-order valence-corrected chi connectivity index (χ4v) is 2.89. The molecule has 0 amide bonds. The fourth-order valence-electron chi connectivity index (χ4n) is 2.89. The van der Waals surface area contributed by atoms with Crippen LogP contribution in [0.1, 0.15) is 5.56 Å². The summed E-state index contributed by atoms with van der Waals surface area (Å²) in [7, 11) is 3.28. The molecule has 0 radical (unpaired) electrons. The Morgan fingerprint density at radius 1 is 1.19 bits per heavy atom. The smallest absolute Gasteiger partial charge is 0.490 e. The first-order valence-corrected chi connectivity index (χ1v) is 10.0. The number of aliphatic carboxylic acids is 1. The number of ether oxygens (including phenoxy) is 1. The van der Waals surface area contributed by atoms with Gasteiger partial charge in [-0.15, -0.1) is 0 Å². The first kappa shape index (κ1) is 26.3. The number of aryl methyl sites for hydroxylation is 1. The topological polar surface area (TPSA) is 175 Å². The summed E-state index contributed by atoms with van der Waals surface area (Å²) in [5, 5.41) is 24.9. The number of methoxy groups -OCH3 is 1. The van der Waals surface area contributed by atoms with E-state index in [0.717, 1.165) is 10.2 Å². The van der Waals surface area contributed by atoms with E-state index >= 15 is 0 Å². The van der Waals surface area contributed by atoms with Crippen LogP contribution in [0.3, 0.4) is 0 Å². The molecular formula is C22H17F3N8O4. The lowest BCUT2D eigenvalue weighted by Gasteiger charge is -2.10. The summed E-state index contributed by atoms with van der Waals surface area (Å²) in [6.07, 6.45) is -0.0664. The normalized spacial score (nSPS) is 10.7. The lowest BCUT2D eigenvalue weighted by Crippen LogP contribution is -2.21. The Morgan fingerprint density at radius 3 is 2.46 bits per heavy atom. The molecule has 0 aliphatic rings. The maximum absolute atomic E-state index is 12.5. The van der Waals surface area contributed by atoms with E-state index in [1.54, 1.807) is 48.5 Å². The molecule has 0 unspecified atom stereocenters. The summed E-state index contributed by atoms with van der Waals surface area (Å²) < 4.78 is 39.8. The zero-order valence-corrected chi connectivity index (χ0v) is 19.1. The highest BCUT2D eigenvalue weighted by atomic mass is 19.4. The SMILES string of the molecule is COc1cc(C#N)cc(-n2nc(-c3nc(-c4cnn(C)c4)cnc3N)ccc2=O)c1.O=C(O)C(F)(F)F. The number of nitrogen functional groups attached to an aromatic ring is 1. The summed E-state index contributed by atoms with van der Waals surface area (Å²) in [4.78, 5) is 30.1. The molecule has 0 saturated heterocycles. The highest BCUT2D eigenvalue weighted by Gasteiger charge is 2.38. The van der Waals surface area contributed by atoms with E-state index < -0.39 is 12.1 Å². The first-order valence-electron chi connectivity index (χ1n) is 10.0. The van der Waals surface area contributed by atoms with Gasteiger partial charge in [0, 0.05) is 30.9 Å². The number of nitrogens with zero attached hydrogens (tertiary/aromatic N) is 7. The maximum atomic E-state index is 12.5. The van der Waals surface area contributed by atoms with Crippen molar-refractivity contribution in [2.45, 2.75) is 6.18 Å². The number of benzene rings is 1. The molecular weight excluding hydrogens is 497 g/mol. The number of hydrogen-bond acceptors (Lipinski definition) is 9. The number of hydrogen-bond donors (Lipinski definition) is 2. The minimum Gasteiger partial charge on any atom is -0.497 e. The van der Waals surface area contributed by atoms with Crippen molar-refractivity contribution < 1.29 is 27.8 Å². The lowest BCUT2D eigenvalue weighted by molar-refractivity contribution is -0.192. The Kier molecular flexibility index (Phi) is 7.52. The van der Waals surface area contributed by atoms with Crippen molar-refractivity contribution in [3.8, 4) is 40.2 Å². The molecule has 4 aromatic rings. The third-order valence-electron chi connectivity index (χ3n) is 4.59. The number of halogens is 3. The van der Waals surface area contributed by atoms with Gasteiger partial charge in [-0.1, -0.05) is 0 Å². The quantitative estimate of drug-likeness (QED) is 0.411. The predicted octanol–water partition coefficient (Wildman–Crippen LogP) is 2.19. The number of nitrogens with two attached hydrogens (primary N) is 1. The van der Waals surface area contributed by atoms with Crippen LogP contribution in [-0.4, -0.2) is 53.9 Å². The maximum Gasteiger partial charge on any atom is 0.490 e. The Balaban J connectivity index is 0.000000479. The minimum absolute atomic E-state index is 0.170. The summed E-state index contributed by atoms with van der Waals surface area (Å²) in [5.41, 5.74) is 8.39. The van der Waals surface area contributed by atoms with Gasteiger partial charge in [-0.25, -0.2) is 14.8 Å². The average Bonchev–Trinajstić information content (AvgIpc) is 3.30. The molecule has 3 heterocycles. The number of carbonyl (C=O) groups is 1. The van der Waals surface area contributed by atoms with E-state index in [4.69, 9.17) is 20.4 Å². The van der Waals surface area contributed by atoms with Gasteiger partial charge in [0.1, 0.15) is 17.1 Å². The summed E-state index contributed by atoms with van der Waals surface area (Å²) >= 11 is 0. The fraction of sp³-hybridized carbons (Fsp3) is 0.136. The van der Waals surface area contributed by atoms with Crippen LogP contribution in [0.2, 0.25) is 0 Å². The molecule has 0 aliphatic heterocycles. The van der Waals surface area contributed by atoms with Crippen LogP contribution >= 0.6 is 0 Å². The Bertz CT molecular complexity index is 1560. The molecule has 37 heavy (non-hydrogen) atoms. The van der Waals surface area contributed by atoms with Crippen LogP contribution in [-0.2, 0) is 11.8 Å². The molecule has 3 aromatic heterocycles. The Morgan fingerprint density at radius 2 is 1.89 bits per heavy atom. The molecule has 12 nitrogen and oxygen atoms in total. The Labute approximate surface area is 206 Å². The number of nitriles is 1. The van der Waals surface area contributed by atoms with Crippen LogP contribution in [0, 0.1) is 11.3 Å². The van der Waals surface area contributed by atoms with Crippen LogP contribution in [0.5, 0.6) is 5.75 Å². The highest BCUT2D eigenvalue weighted by molar-refractivity contribution is 5.73. The van der Waals surface area contributed by atoms with Gasteiger partial charge in [0.2, 0.25) is 0 Å². The van der Waals surface area contributed by atoms with Crippen LogP contribution in [0.4, 0.5) is 19.0 Å². The second-order valence-corrected chi connectivity index (χ2v) is 7.19. The van der Waals surface area contributed by atoms with Crippen molar-refractivity contribution in [1.29, 1.82) is 5.26 Å². The predicted molar refractivity (Wildman–Crippen MR) is 122 cm³/mol. The average molecular weight is 514 g/mol. The monoisotopic (exact) mass is 514 g/mol. The van der Waals surface area contributed by atoms with Crippen LogP contribution in [0.15, 0.2) is 53.7 Å². The Hall–Kier alpha value is -5.26. The molecule has 0 fully saturated rings. The highest BCUT2D eigenvalue weighted by Crippen LogP contribution is 2.25. The third kappa shape index (κ3) is 6.25. The van der Waals surface area contributed by atoms with E-state index in [1.165, 1.54) is 19.2 Å². The van der Waals surface area contributed by atoms with E-state index in [9.17, 15) is 23.2 Å². The van der Waals surface area contributed by atoms with Gasteiger partial charge in [-0.3, -0.25) is 9.48 Å². The largest absolute Gasteiger partial charge is 0.497 e. The van der Waals surface area contributed by atoms with E-state index in [2.05, 4.69) is 20.2 Å².